The highest BCUT2D eigenvalue weighted by Crippen LogP contribution is 2.18. The Bertz CT molecular complexity index is 538. The number of benzene rings is 1. The van der Waals surface area contributed by atoms with Crippen molar-refractivity contribution in [3.8, 4) is 0 Å². The third-order valence-electron chi connectivity index (χ3n) is 2.70. The number of amides is 1. The SMILES string of the molecule is CN=C(NCCC(=O)Nc1ccc(Br)cc1)NCCC(F)(F)F.I. The Hall–Kier alpha value is -1.04. The van der Waals surface area contributed by atoms with E-state index in [0.717, 1.165) is 4.47 Å². The van der Waals surface area contributed by atoms with Crippen LogP contribution in [-0.4, -0.2) is 38.2 Å². The van der Waals surface area contributed by atoms with Crippen LogP contribution in [0.25, 0.3) is 0 Å². The average molecular weight is 523 g/mol. The van der Waals surface area contributed by atoms with E-state index in [1.807, 2.05) is 0 Å². The maximum Gasteiger partial charge on any atom is 0.390 e. The topological polar surface area (TPSA) is 65.5 Å². The molecule has 136 valence electrons. The van der Waals surface area contributed by atoms with E-state index in [1.54, 1.807) is 24.3 Å². The standard InChI is InChI=1S/C14H18BrF3N4O.HI/c1-19-13(21-9-7-14(16,17)18)20-8-6-12(23)22-11-4-2-10(15)3-5-11;/h2-5H,6-9H2,1H3,(H,22,23)(H2,19,20,21);1H. The number of carbonyl (C=O) groups excluding carboxylic acids is 1. The Morgan fingerprint density at radius 3 is 2.29 bits per heavy atom. The zero-order valence-corrected chi connectivity index (χ0v) is 16.8. The van der Waals surface area contributed by atoms with Crippen LogP contribution in [-0.2, 0) is 4.79 Å². The molecular weight excluding hydrogens is 504 g/mol. The van der Waals surface area contributed by atoms with Gasteiger partial charge in [0.25, 0.3) is 0 Å². The quantitative estimate of drug-likeness (QED) is 0.304. The number of anilines is 1. The molecule has 3 N–H and O–H groups in total. The van der Waals surface area contributed by atoms with Crippen molar-refractivity contribution in [1.29, 1.82) is 0 Å². The molecule has 0 aliphatic carbocycles. The minimum Gasteiger partial charge on any atom is -0.356 e. The maximum absolute atomic E-state index is 12.0. The molecule has 1 amide bonds. The Morgan fingerprint density at radius 2 is 1.75 bits per heavy atom. The molecule has 0 atom stereocenters. The summed E-state index contributed by atoms with van der Waals surface area (Å²) >= 11 is 3.30. The van der Waals surface area contributed by atoms with Gasteiger partial charge in [-0.2, -0.15) is 13.2 Å². The van der Waals surface area contributed by atoms with Crippen LogP contribution in [0.3, 0.4) is 0 Å². The lowest BCUT2D eigenvalue weighted by Crippen LogP contribution is -2.40. The summed E-state index contributed by atoms with van der Waals surface area (Å²) in [5.41, 5.74) is 0.672. The van der Waals surface area contributed by atoms with Gasteiger partial charge in [0.1, 0.15) is 0 Å². The summed E-state index contributed by atoms with van der Waals surface area (Å²) in [5, 5.41) is 8.04. The molecule has 1 aromatic rings. The second kappa shape index (κ2) is 11.5. The predicted molar refractivity (Wildman–Crippen MR) is 103 cm³/mol. The number of hydrogen-bond donors (Lipinski definition) is 3. The van der Waals surface area contributed by atoms with Gasteiger partial charge in [0.05, 0.1) is 6.42 Å². The summed E-state index contributed by atoms with van der Waals surface area (Å²) in [6.45, 7) is -0.0116. The van der Waals surface area contributed by atoms with Crippen LogP contribution >= 0.6 is 39.9 Å². The van der Waals surface area contributed by atoms with Crippen LogP contribution in [0.2, 0.25) is 0 Å². The maximum atomic E-state index is 12.0. The zero-order valence-electron chi connectivity index (χ0n) is 12.9. The first-order valence-corrected chi connectivity index (χ1v) is 7.66. The molecule has 10 heteroatoms. The average Bonchev–Trinajstić information content (AvgIpc) is 2.47. The van der Waals surface area contributed by atoms with E-state index >= 15 is 0 Å². The Kier molecular flexibility index (Phi) is 11.0. The highest BCUT2D eigenvalue weighted by molar-refractivity contribution is 14.0. The van der Waals surface area contributed by atoms with Crippen molar-refractivity contribution < 1.29 is 18.0 Å². The molecule has 0 aliphatic heterocycles. The summed E-state index contributed by atoms with van der Waals surface area (Å²) in [7, 11) is 1.45. The molecule has 0 unspecified atom stereocenters. The largest absolute Gasteiger partial charge is 0.390 e. The van der Waals surface area contributed by atoms with Gasteiger partial charge in [-0.05, 0) is 24.3 Å². The van der Waals surface area contributed by atoms with Gasteiger partial charge in [-0.15, -0.1) is 24.0 Å². The molecule has 0 aromatic heterocycles. The molecule has 0 saturated heterocycles. The van der Waals surface area contributed by atoms with E-state index in [1.165, 1.54) is 7.05 Å². The normalized spacial score (nSPS) is 11.5. The number of alkyl halides is 3. The number of nitrogens with zero attached hydrogens (tertiary/aromatic N) is 1. The van der Waals surface area contributed by atoms with Crippen LogP contribution < -0.4 is 16.0 Å². The van der Waals surface area contributed by atoms with Gasteiger partial charge in [0.15, 0.2) is 5.96 Å². The molecule has 0 radical (unpaired) electrons. The Labute approximate surface area is 164 Å². The Morgan fingerprint density at radius 1 is 1.17 bits per heavy atom. The molecule has 0 bridgehead atoms. The number of hydrogen-bond acceptors (Lipinski definition) is 2. The van der Waals surface area contributed by atoms with E-state index in [-0.39, 0.29) is 55.4 Å². The molecule has 1 rings (SSSR count). The van der Waals surface area contributed by atoms with Gasteiger partial charge in [-0.3, -0.25) is 9.79 Å². The number of nitrogens with one attached hydrogen (secondary N) is 3. The van der Waals surface area contributed by atoms with Gasteiger partial charge < -0.3 is 16.0 Å². The lowest BCUT2D eigenvalue weighted by Gasteiger charge is -2.12. The fraction of sp³-hybridized carbons (Fsp3) is 0.429. The fourth-order valence-electron chi connectivity index (χ4n) is 1.59. The molecule has 1 aromatic carbocycles. The van der Waals surface area contributed by atoms with Gasteiger partial charge in [-0.25, -0.2) is 0 Å². The number of halogens is 5. The van der Waals surface area contributed by atoms with Crippen molar-refractivity contribution in [2.45, 2.75) is 19.0 Å². The zero-order chi connectivity index (χ0) is 17.3. The van der Waals surface area contributed by atoms with Crippen LogP contribution in [0.5, 0.6) is 0 Å². The molecule has 0 spiro atoms. The predicted octanol–water partition coefficient (Wildman–Crippen LogP) is 3.51. The van der Waals surface area contributed by atoms with E-state index in [2.05, 4.69) is 36.9 Å². The van der Waals surface area contributed by atoms with Gasteiger partial charge in [0, 0.05) is 36.7 Å². The first-order chi connectivity index (χ1) is 10.8. The highest BCUT2D eigenvalue weighted by Gasteiger charge is 2.26. The van der Waals surface area contributed by atoms with Crippen molar-refractivity contribution in [3.05, 3.63) is 28.7 Å². The minimum atomic E-state index is -4.21. The van der Waals surface area contributed by atoms with Crippen molar-refractivity contribution in [2.75, 3.05) is 25.5 Å². The van der Waals surface area contributed by atoms with E-state index in [0.29, 0.717) is 5.69 Å². The summed E-state index contributed by atoms with van der Waals surface area (Å²) in [5.74, 6) is 0.0243. The molecule has 24 heavy (non-hydrogen) atoms. The number of guanidine groups is 1. The van der Waals surface area contributed by atoms with Crippen molar-refractivity contribution >= 4 is 57.5 Å². The monoisotopic (exact) mass is 522 g/mol. The van der Waals surface area contributed by atoms with E-state index in [4.69, 9.17) is 0 Å². The van der Waals surface area contributed by atoms with Crippen molar-refractivity contribution in [2.24, 2.45) is 4.99 Å². The molecule has 0 aliphatic rings. The first-order valence-electron chi connectivity index (χ1n) is 6.87. The number of rotatable bonds is 6. The summed E-state index contributed by atoms with van der Waals surface area (Å²) in [6, 6.07) is 7.13. The molecular formula is C14H19BrF3IN4O. The lowest BCUT2D eigenvalue weighted by molar-refractivity contribution is -0.132. The third-order valence-corrected chi connectivity index (χ3v) is 3.23. The van der Waals surface area contributed by atoms with Crippen LogP contribution in [0.1, 0.15) is 12.8 Å². The molecule has 0 saturated carbocycles. The second-order valence-corrected chi connectivity index (χ2v) is 5.51. The molecule has 0 heterocycles. The third kappa shape index (κ3) is 10.7. The fourth-order valence-corrected chi connectivity index (χ4v) is 1.86. The Balaban J connectivity index is 0.00000529. The van der Waals surface area contributed by atoms with Gasteiger partial charge >= 0.3 is 6.18 Å². The van der Waals surface area contributed by atoms with Gasteiger partial charge in [-0.1, -0.05) is 15.9 Å². The highest BCUT2D eigenvalue weighted by atomic mass is 127. The second-order valence-electron chi connectivity index (χ2n) is 4.60. The smallest absolute Gasteiger partial charge is 0.356 e. The van der Waals surface area contributed by atoms with E-state index in [9.17, 15) is 18.0 Å². The summed E-state index contributed by atoms with van der Waals surface area (Å²) in [6.07, 6.45) is -5.00. The number of carbonyl (C=O) groups is 1. The number of aliphatic imine (C=N–C) groups is 1. The first kappa shape index (κ1) is 23.0. The van der Waals surface area contributed by atoms with Crippen molar-refractivity contribution in [1.82, 2.24) is 10.6 Å². The van der Waals surface area contributed by atoms with Crippen LogP contribution in [0, 0.1) is 0 Å². The van der Waals surface area contributed by atoms with E-state index < -0.39 is 12.6 Å². The summed E-state index contributed by atoms with van der Waals surface area (Å²) < 4.78 is 37.0. The van der Waals surface area contributed by atoms with Gasteiger partial charge in [0.2, 0.25) is 5.91 Å². The summed E-state index contributed by atoms with van der Waals surface area (Å²) in [4.78, 5) is 15.5. The van der Waals surface area contributed by atoms with Crippen LogP contribution in [0.4, 0.5) is 18.9 Å². The van der Waals surface area contributed by atoms with Crippen molar-refractivity contribution in [3.63, 3.8) is 0 Å². The lowest BCUT2D eigenvalue weighted by atomic mass is 10.3. The van der Waals surface area contributed by atoms with Crippen LogP contribution in [0.15, 0.2) is 33.7 Å². The molecule has 0 fully saturated rings. The molecule has 5 nitrogen and oxygen atoms in total. The minimum absolute atomic E-state index is 0.